The zero-order valence-electron chi connectivity index (χ0n) is 15.6. The van der Waals surface area contributed by atoms with Gasteiger partial charge in [-0.3, -0.25) is 14.3 Å². The summed E-state index contributed by atoms with van der Waals surface area (Å²) in [7, 11) is 0. The first-order chi connectivity index (χ1) is 13.1. The van der Waals surface area contributed by atoms with E-state index in [0.29, 0.717) is 24.9 Å². The molecule has 27 heavy (non-hydrogen) atoms. The fourth-order valence-corrected chi connectivity index (χ4v) is 3.37. The Hall–Kier alpha value is -2.22. The van der Waals surface area contributed by atoms with E-state index in [0.717, 1.165) is 19.4 Å². The Labute approximate surface area is 158 Å². The molecule has 1 fully saturated rings. The van der Waals surface area contributed by atoms with Gasteiger partial charge in [-0.2, -0.15) is 0 Å². The molecular weight excluding hydrogens is 346 g/mol. The van der Waals surface area contributed by atoms with Crippen LogP contribution in [-0.4, -0.2) is 40.0 Å². The molecule has 2 aromatic rings. The Morgan fingerprint density at radius 3 is 2.81 bits per heavy atom. The smallest absolute Gasteiger partial charge is 0.330 e. The van der Waals surface area contributed by atoms with Gasteiger partial charge in [0.05, 0.1) is 12.2 Å². The van der Waals surface area contributed by atoms with Crippen LogP contribution in [0.1, 0.15) is 37.1 Å². The highest BCUT2D eigenvalue weighted by molar-refractivity contribution is 5.14. The summed E-state index contributed by atoms with van der Waals surface area (Å²) in [5, 5.41) is 13.6. The molecule has 1 aliphatic heterocycles. The molecule has 0 saturated carbocycles. The van der Waals surface area contributed by atoms with Gasteiger partial charge in [0.2, 0.25) is 0 Å². The van der Waals surface area contributed by atoms with Crippen LogP contribution in [0.4, 0.5) is 0 Å². The summed E-state index contributed by atoms with van der Waals surface area (Å²) in [4.78, 5) is 26.1. The van der Waals surface area contributed by atoms with Gasteiger partial charge in [0.25, 0.3) is 5.56 Å². The maximum Gasteiger partial charge on any atom is 0.330 e. The molecule has 3 rings (SSSR count). The van der Waals surface area contributed by atoms with Gasteiger partial charge >= 0.3 is 5.69 Å². The van der Waals surface area contributed by atoms with E-state index in [9.17, 15) is 14.7 Å². The van der Waals surface area contributed by atoms with Gasteiger partial charge < -0.3 is 15.2 Å². The van der Waals surface area contributed by atoms with Crippen molar-refractivity contribution in [2.45, 2.75) is 51.0 Å². The molecule has 2 heterocycles. The van der Waals surface area contributed by atoms with Gasteiger partial charge in [0, 0.05) is 24.7 Å². The van der Waals surface area contributed by atoms with Crippen LogP contribution in [0.5, 0.6) is 0 Å². The molecular formula is C20H27N3O4. The van der Waals surface area contributed by atoms with E-state index < -0.39 is 18.0 Å². The van der Waals surface area contributed by atoms with Crippen LogP contribution in [0.3, 0.4) is 0 Å². The van der Waals surface area contributed by atoms with Crippen LogP contribution in [0.25, 0.3) is 0 Å². The minimum absolute atomic E-state index is 0.325. The number of rotatable bonds is 8. The van der Waals surface area contributed by atoms with Crippen molar-refractivity contribution in [1.82, 2.24) is 14.9 Å². The molecule has 1 unspecified atom stereocenters. The van der Waals surface area contributed by atoms with Crippen molar-refractivity contribution >= 4 is 0 Å². The van der Waals surface area contributed by atoms with Crippen molar-refractivity contribution in [2.75, 3.05) is 13.1 Å². The summed E-state index contributed by atoms with van der Waals surface area (Å²) in [5.41, 5.74) is 0.954. The number of benzene rings is 1. The Balaban J connectivity index is 1.50. The zero-order valence-corrected chi connectivity index (χ0v) is 15.6. The highest BCUT2D eigenvalue weighted by Crippen LogP contribution is 2.27. The second-order valence-electron chi connectivity index (χ2n) is 6.90. The largest absolute Gasteiger partial charge is 0.390 e. The summed E-state index contributed by atoms with van der Waals surface area (Å²) in [6.45, 7) is 3.20. The first kappa shape index (κ1) is 19.5. The highest BCUT2D eigenvalue weighted by atomic mass is 16.5. The predicted octanol–water partition coefficient (Wildman–Crippen LogP) is 0.970. The molecule has 146 valence electrons. The fraction of sp³-hybridized carbons (Fsp3) is 0.500. The third-order valence-corrected chi connectivity index (χ3v) is 4.94. The lowest BCUT2D eigenvalue weighted by atomic mass is 10.1. The third kappa shape index (κ3) is 4.94. The Kier molecular flexibility index (Phi) is 6.60. The van der Waals surface area contributed by atoms with Crippen molar-refractivity contribution in [3.63, 3.8) is 0 Å². The van der Waals surface area contributed by atoms with Crippen LogP contribution in [0, 0.1) is 0 Å². The fourth-order valence-electron chi connectivity index (χ4n) is 3.37. The van der Waals surface area contributed by atoms with Gasteiger partial charge in [0.1, 0.15) is 6.23 Å². The number of ether oxygens (including phenoxy) is 1. The quantitative estimate of drug-likeness (QED) is 0.599. The standard InChI is InChI=1S/C20H27N3O4/c1-2-15-13-23(20(26)22-19(15)25)18-11-16(24)17(27-18)12-21-10-6-9-14-7-4-3-5-8-14/h3-5,7-8,13,16-18,21,24H,2,6,9-12H2,1H3,(H,22,25,26)/t16?,17-,18-/m0/s1. The molecule has 7 nitrogen and oxygen atoms in total. The topological polar surface area (TPSA) is 96.3 Å². The summed E-state index contributed by atoms with van der Waals surface area (Å²) in [6.07, 6.45) is 2.78. The van der Waals surface area contributed by atoms with E-state index >= 15 is 0 Å². The lowest BCUT2D eigenvalue weighted by Gasteiger charge is -2.17. The van der Waals surface area contributed by atoms with E-state index in [-0.39, 0.29) is 11.7 Å². The van der Waals surface area contributed by atoms with Crippen LogP contribution in [0.15, 0.2) is 46.1 Å². The number of aryl methyl sites for hydroxylation is 2. The number of hydrogen-bond acceptors (Lipinski definition) is 5. The number of aromatic amines is 1. The van der Waals surface area contributed by atoms with E-state index in [2.05, 4.69) is 22.4 Å². The van der Waals surface area contributed by atoms with E-state index in [1.807, 2.05) is 25.1 Å². The lowest BCUT2D eigenvalue weighted by Crippen LogP contribution is -2.35. The summed E-state index contributed by atoms with van der Waals surface area (Å²) in [5.74, 6) is 0. The number of hydrogen-bond donors (Lipinski definition) is 3. The maximum absolute atomic E-state index is 12.1. The number of nitrogens with one attached hydrogen (secondary N) is 2. The summed E-state index contributed by atoms with van der Waals surface area (Å²) in [6, 6.07) is 10.3. The minimum Gasteiger partial charge on any atom is -0.390 e. The molecule has 3 atom stereocenters. The average Bonchev–Trinajstić information content (AvgIpc) is 3.03. The van der Waals surface area contributed by atoms with Gasteiger partial charge in [-0.1, -0.05) is 37.3 Å². The first-order valence-corrected chi connectivity index (χ1v) is 9.51. The predicted molar refractivity (Wildman–Crippen MR) is 103 cm³/mol. The Morgan fingerprint density at radius 1 is 1.30 bits per heavy atom. The molecule has 0 aliphatic carbocycles. The number of H-pyrrole nitrogens is 1. The zero-order chi connectivity index (χ0) is 19.2. The molecule has 0 amide bonds. The number of nitrogens with zero attached hydrogens (tertiary/aromatic N) is 1. The molecule has 1 aromatic carbocycles. The SMILES string of the molecule is CCc1cn([C@@H]2CC(O)[C@H](CNCCCc3ccccc3)O2)c(=O)[nH]c1=O. The summed E-state index contributed by atoms with van der Waals surface area (Å²) >= 11 is 0. The monoisotopic (exact) mass is 373 g/mol. The van der Waals surface area contributed by atoms with E-state index in [4.69, 9.17) is 4.74 Å². The number of aliphatic hydroxyl groups excluding tert-OH is 1. The molecule has 3 N–H and O–H groups in total. The van der Waals surface area contributed by atoms with Crippen LogP contribution >= 0.6 is 0 Å². The van der Waals surface area contributed by atoms with Gasteiger partial charge in [-0.15, -0.1) is 0 Å². The Morgan fingerprint density at radius 2 is 2.07 bits per heavy atom. The van der Waals surface area contributed by atoms with Crippen LogP contribution < -0.4 is 16.6 Å². The van der Waals surface area contributed by atoms with Gasteiger partial charge in [-0.25, -0.2) is 4.79 Å². The third-order valence-electron chi connectivity index (χ3n) is 4.94. The molecule has 1 aliphatic rings. The molecule has 0 bridgehead atoms. The minimum atomic E-state index is -0.652. The molecule has 0 spiro atoms. The summed E-state index contributed by atoms with van der Waals surface area (Å²) < 4.78 is 7.25. The number of aliphatic hydroxyl groups is 1. The van der Waals surface area contributed by atoms with E-state index in [1.165, 1.54) is 16.3 Å². The van der Waals surface area contributed by atoms with E-state index in [1.54, 1.807) is 0 Å². The van der Waals surface area contributed by atoms with Crippen molar-refractivity contribution in [1.29, 1.82) is 0 Å². The van der Waals surface area contributed by atoms with Crippen LogP contribution in [0.2, 0.25) is 0 Å². The van der Waals surface area contributed by atoms with Crippen molar-refractivity contribution < 1.29 is 9.84 Å². The van der Waals surface area contributed by atoms with Crippen LogP contribution in [-0.2, 0) is 17.6 Å². The normalized spacial score (nSPS) is 22.2. The maximum atomic E-state index is 12.1. The molecule has 0 radical (unpaired) electrons. The highest BCUT2D eigenvalue weighted by Gasteiger charge is 2.35. The second-order valence-corrected chi connectivity index (χ2v) is 6.90. The second kappa shape index (κ2) is 9.12. The molecule has 1 aromatic heterocycles. The van der Waals surface area contributed by atoms with Crippen molar-refractivity contribution in [3.8, 4) is 0 Å². The van der Waals surface area contributed by atoms with Gasteiger partial charge in [0.15, 0.2) is 0 Å². The lowest BCUT2D eigenvalue weighted by molar-refractivity contribution is -0.0192. The average molecular weight is 373 g/mol. The number of aromatic nitrogens is 2. The van der Waals surface area contributed by atoms with Gasteiger partial charge in [-0.05, 0) is 31.4 Å². The van der Waals surface area contributed by atoms with Crippen molar-refractivity contribution in [2.24, 2.45) is 0 Å². The Bertz CT molecular complexity index is 846. The molecule has 7 heteroatoms. The van der Waals surface area contributed by atoms with Crippen molar-refractivity contribution in [3.05, 3.63) is 68.5 Å². The molecule has 1 saturated heterocycles. The first-order valence-electron chi connectivity index (χ1n) is 9.51.